The average molecular weight is 380 g/mol. The van der Waals surface area contributed by atoms with Crippen LogP contribution in [0.4, 0.5) is 29.3 Å². The molecule has 1 atom stereocenters. The number of benzene rings is 1. The molecule has 1 saturated heterocycles. The molecule has 0 unspecified atom stereocenters. The minimum Gasteiger partial charge on any atom is -0.494 e. The number of alkyl halides is 3. The van der Waals surface area contributed by atoms with Crippen LogP contribution in [-0.4, -0.2) is 37.3 Å². The molecule has 9 heteroatoms. The van der Waals surface area contributed by atoms with Gasteiger partial charge in [-0.1, -0.05) is 18.2 Å². The van der Waals surface area contributed by atoms with E-state index >= 15 is 0 Å². The van der Waals surface area contributed by atoms with Crippen LogP contribution >= 0.6 is 0 Å². The average Bonchev–Trinajstić information content (AvgIpc) is 3.10. The molecule has 2 heterocycles. The number of ether oxygens (including phenoxy) is 1. The summed E-state index contributed by atoms with van der Waals surface area (Å²) in [6, 6.07) is 10.0. The van der Waals surface area contributed by atoms with Crippen molar-refractivity contribution in [2.75, 3.05) is 30.4 Å². The zero-order valence-electron chi connectivity index (χ0n) is 14.6. The number of anilines is 2. The lowest BCUT2D eigenvalue weighted by molar-refractivity contribution is -0.141. The van der Waals surface area contributed by atoms with Crippen LogP contribution in [0, 0.1) is 0 Å². The second kappa shape index (κ2) is 7.73. The fourth-order valence-corrected chi connectivity index (χ4v) is 2.95. The van der Waals surface area contributed by atoms with Gasteiger partial charge in [-0.05, 0) is 18.6 Å². The first kappa shape index (κ1) is 18.8. The van der Waals surface area contributed by atoms with Crippen molar-refractivity contribution in [2.45, 2.75) is 18.6 Å². The molecule has 1 aromatic carbocycles. The summed E-state index contributed by atoms with van der Waals surface area (Å²) in [4.78, 5) is 17.7. The number of methoxy groups -OCH3 is 1. The summed E-state index contributed by atoms with van der Waals surface area (Å²) in [5.74, 6) is -0.107. The molecule has 1 fully saturated rings. The lowest BCUT2D eigenvalue weighted by atomic mass is 10.2. The third kappa shape index (κ3) is 4.60. The van der Waals surface area contributed by atoms with Gasteiger partial charge in [0.2, 0.25) is 0 Å². The topological polar surface area (TPSA) is 66.5 Å². The zero-order chi connectivity index (χ0) is 19.4. The van der Waals surface area contributed by atoms with Gasteiger partial charge >= 0.3 is 12.2 Å². The Kier molecular flexibility index (Phi) is 5.38. The SMILES string of the molecule is COc1cc(C(F)(F)F)ncc1NC(=O)N[C@H]1CCN(c2ccccc2)C1. The van der Waals surface area contributed by atoms with Crippen molar-refractivity contribution >= 4 is 17.4 Å². The molecule has 144 valence electrons. The summed E-state index contributed by atoms with van der Waals surface area (Å²) >= 11 is 0. The standard InChI is InChI=1S/C18H19F3N4O2/c1-27-15-9-16(18(19,20)21)22-10-14(15)24-17(26)23-12-7-8-25(11-12)13-5-3-2-4-6-13/h2-6,9-10,12H,7-8,11H2,1H3,(H2,23,24,26)/t12-/m0/s1. The number of nitrogens with one attached hydrogen (secondary N) is 2. The minimum absolute atomic E-state index is 0.0703. The molecule has 6 nitrogen and oxygen atoms in total. The molecular weight excluding hydrogens is 361 g/mol. The summed E-state index contributed by atoms with van der Waals surface area (Å²) < 4.78 is 43.1. The first-order valence-electron chi connectivity index (χ1n) is 8.35. The third-order valence-corrected chi connectivity index (χ3v) is 4.27. The van der Waals surface area contributed by atoms with Gasteiger partial charge in [0.25, 0.3) is 0 Å². The number of hydrogen-bond donors (Lipinski definition) is 2. The van der Waals surface area contributed by atoms with Gasteiger partial charge in [-0.25, -0.2) is 9.78 Å². The molecule has 0 spiro atoms. The number of urea groups is 1. The van der Waals surface area contributed by atoms with Crippen LogP contribution < -0.4 is 20.3 Å². The van der Waals surface area contributed by atoms with E-state index in [1.165, 1.54) is 7.11 Å². The minimum atomic E-state index is -4.58. The summed E-state index contributed by atoms with van der Waals surface area (Å²) in [7, 11) is 1.23. The summed E-state index contributed by atoms with van der Waals surface area (Å²) in [5, 5.41) is 5.32. The largest absolute Gasteiger partial charge is 0.494 e. The Morgan fingerprint density at radius 1 is 1.30 bits per heavy atom. The van der Waals surface area contributed by atoms with Crippen LogP contribution in [0.2, 0.25) is 0 Å². The molecule has 0 bridgehead atoms. The van der Waals surface area contributed by atoms with Gasteiger partial charge in [-0.2, -0.15) is 13.2 Å². The van der Waals surface area contributed by atoms with E-state index < -0.39 is 17.9 Å². The van der Waals surface area contributed by atoms with Gasteiger partial charge in [0.1, 0.15) is 17.1 Å². The van der Waals surface area contributed by atoms with Crippen molar-refractivity contribution in [3.05, 3.63) is 48.3 Å². The molecule has 0 radical (unpaired) electrons. The van der Waals surface area contributed by atoms with E-state index in [0.717, 1.165) is 30.9 Å². The Morgan fingerprint density at radius 2 is 2.04 bits per heavy atom. The van der Waals surface area contributed by atoms with Crippen LogP contribution in [0.15, 0.2) is 42.6 Å². The number of nitrogens with zero attached hydrogens (tertiary/aromatic N) is 2. The van der Waals surface area contributed by atoms with Crippen molar-refractivity contribution in [3.63, 3.8) is 0 Å². The van der Waals surface area contributed by atoms with Gasteiger partial charge in [0.05, 0.1) is 13.3 Å². The number of halogens is 3. The van der Waals surface area contributed by atoms with Crippen LogP contribution in [0.5, 0.6) is 5.75 Å². The van der Waals surface area contributed by atoms with Crippen LogP contribution in [0.1, 0.15) is 12.1 Å². The number of hydrogen-bond acceptors (Lipinski definition) is 4. The quantitative estimate of drug-likeness (QED) is 0.852. The first-order valence-corrected chi connectivity index (χ1v) is 8.35. The lowest BCUT2D eigenvalue weighted by Gasteiger charge is -2.19. The fraction of sp³-hybridized carbons (Fsp3) is 0.333. The second-order valence-electron chi connectivity index (χ2n) is 6.13. The highest BCUT2D eigenvalue weighted by molar-refractivity contribution is 5.91. The Labute approximate surface area is 154 Å². The van der Waals surface area contributed by atoms with Crippen molar-refractivity contribution < 1.29 is 22.7 Å². The number of carbonyl (C=O) groups excluding carboxylic acids is 1. The van der Waals surface area contributed by atoms with Gasteiger partial charge in [0, 0.05) is 30.9 Å². The van der Waals surface area contributed by atoms with Crippen LogP contribution in [0.3, 0.4) is 0 Å². The molecule has 3 rings (SSSR count). The van der Waals surface area contributed by atoms with Gasteiger partial charge in [0.15, 0.2) is 0 Å². The van der Waals surface area contributed by atoms with E-state index in [1.54, 1.807) is 0 Å². The number of amides is 2. The van der Waals surface area contributed by atoms with Crippen molar-refractivity contribution in [1.29, 1.82) is 0 Å². The monoisotopic (exact) mass is 380 g/mol. The van der Waals surface area contributed by atoms with E-state index in [2.05, 4.69) is 20.5 Å². The summed E-state index contributed by atoms with van der Waals surface area (Å²) in [5.41, 5.74) is 0.0660. The van der Waals surface area contributed by atoms with Gasteiger partial charge < -0.3 is 20.3 Å². The van der Waals surface area contributed by atoms with Gasteiger partial charge in [-0.15, -0.1) is 0 Å². The molecule has 1 aliphatic heterocycles. The normalized spacial score (nSPS) is 16.9. The van der Waals surface area contributed by atoms with Crippen molar-refractivity contribution in [1.82, 2.24) is 10.3 Å². The number of para-hydroxylation sites is 1. The molecule has 27 heavy (non-hydrogen) atoms. The molecule has 1 aliphatic rings. The van der Waals surface area contributed by atoms with E-state index in [1.807, 2.05) is 30.3 Å². The molecule has 2 aromatic rings. The Hall–Kier alpha value is -2.97. The maximum Gasteiger partial charge on any atom is 0.433 e. The van der Waals surface area contributed by atoms with E-state index in [-0.39, 0.29) is 17.5 Å². The third-order valence-electron chi connectivity index (χ3n) is 4.27. The maximum atomic E-state index is 12.7. The maximum absolute atomic E-state index is 12.7. The Bertz CT molecular complexity index is 799. The van der Waals surface area contributed by atoms with Crippen LogP contribution in [0.25, 0.3) is 0 Å². The number of carbonyl (C=O) groups is 1. The molecule has 0 aliphatic carbocycles. The molecule has 1 aromatic heterocycles. The van der Waals surface area contributed by atoms with E-state index in [0.29, 0.717) is 6.54 Å². The highest BCUT2D eigenvalue weighted by Gasteiger charge is 2.33. The number of rotatable bonds is 4. The van der Waals surface area contributed by atoms with Crippen LogP contribution in [-0.2, 0) is 6.18 Å². The first-order chi connectivity index (χ1) is 12.9. The molecule has 2 N–H and O–H groups in total. The highest BCUT2D eigenvalue weighted by Crippen LogP contribution is 2.33. The second-order valence-corrected chi connectivity index (χ2v) is 6.13. The molecule has 0 saturated carbocycles. The fourth-order valence-electron chi connectivity index (χ4n) is 2.95. The molecule has 2 amide bonds. The van der Waals surface area contributed by atoms with E-state index in [9.17, 15) is 18.0 Å². The zero-order valence-corrected chi connectivity index (χ0v) is 14.6. The summed E-state index contributed by atoms with van der Waals surface area (Å²) in [6.07, 6.45) is -2.88. The van der Waals surface area contributed by atoms with E-state index in [4.69, 9.17) is 4.74 Å². The smallest absolute Gasteiger partial charge is 0.433 e. The predicted molar refractivity (Wildman–Crippen MR) is 95.0 cm³/mol. The summed E-state index contributed by atoms with van der Waals surface area (Å²) in [6.45, 7) is 1.46. The van der Waals surface area contributed by atoms with Gasteiger partial charge in [-0.3, -0.25) is 0 Å². The Balaban J connectivity index is 1.60. The lowest BCUT2D eigenvalue weighted by Crippen LogP contribution is -2.39. The number of aromatic nitrogens is 1. The molecular formula is C18H19F3N4O2. The number of pyridine rings is 1. The van der Waals surface area contributed by atoms with Crippen molar-refractivity contribution in [3.8, 4) is 5.75 Å². The predicted octanol–water partition coefficient (Wildman–Crippen LogP) is 3.51. The van der Waals surface area contributed by atoms with Crippen molar-refractivity contribution in [2.24, 2.45) is 0 Å². The Morgan fingerprint density at radius 3 is 2.70 bits per heavy atom. The highest BCUT2D eigenvalue weighted by atomic mass is 19.4.